The van der Waals surface area contributed by atoms with Crippen LogP contribution in [0.25, 0.3) is 6.08 Å². The van der Waals surface area contributed by atoms with Crippen molar-refractivity contribution >= 4 is 34.7 Å². The molecular formula is C22H20N2O4S2. The van der Waals surface area contributed by atoms with Crippen LogP contribution in [0.1, 0.15) is 29.0 Å². The second-order valence-electron chi connectivity index (χ2n) is 6.81. The summed E-state index contributed by atoms with van der Waals surface area (Å²) in [6.07, 6.45) is 1.89. The smallest absolute Gasteiger partial charge is 0.338 e. The topological polar surface area (TPSA) is 69.9 Å². The first-order valence-electron chi connectivity index (χ1n) is 9.23. The molecule has 0 aliphatic carbocycles. The molecule has 8 heteroatoms. The molecule has 4 rings (SSSR count). The first-order chi connectivity index (χ1) is 14.4. The molecule has 0 saturated carbocycles. The number of carbonyl (C=O) groups excluding carboxylic acids is 1. The Hall–Kier alpha value is -2.97. The standard InChI is InChI=1S/C22H20N2O4S2/c1-12-9-10-29-16(12)11-17-20(25)24-19(14-5-7-15(27-3)8-6-14)18(21(26)28-4)13(2)23-22(24)30-17/h5-11,19H,1-4H3/b17-11+. The molecule has 3 aromatic rings. The van der Waals surface area contributed by atoms with Gasteiger partial charge in [-0.15, -0.1) is 11.3 Å². The lowest BCUT2D eigenvalue weighted by molar-refractivity contribution is -0.136. The number of ether oxygens (including phenoxy) is 2. The number of nitrogens with zero attached hydrogens (tertiary/aromatic N) is 2. The maximum Gasteiger partial charge on any atom is 0.338 e. The van der Waals surface area contributed by atoms with Gasteiger partial charge in [0.25, 0.3) is 5.56 Å². The summed E-state index contributed by atoms with van der Waals surface area (Å²) in [5.41, 5.74) is 2.62. The van der Waals surface area contributed by atoms with Gasteiger partial charge in [0.1, 0.15) is 5.75 Å². The molecule has 1 unspecified atom stereocenters. The molecular weight excluding hydrogens is 420 g/mol. The quantitative estimate of drug-likeness (QED) is 0.585. The summed E-state index contributed by atoms with van der Waals surface area (Å²) in [6, 6.07) is 8.73. The third kappa shape index (κ3) is 3.42. The predicted molar refractivity (Wildman–Crippen MR) is 118 cm³/mol. The predicted octanol–water partition coefficient (Wildman–Crippen LogP) is 2.79. The molecule has 2 aromatic heterocycles. The van der Waals surface area contributed by atoms with E-state index in [1.54, 1.807) is 29.9 Å². The van der Waals surface area contributed by atoms with Crippen LogP contribution in [0.4, 0.5) is 0 Å². The Morgan fingerprint density at radius 1 is 1.17 bits per heavy atom. The Labute approximate surface area is 181 Å². The van der Waals surface area contributed by atoms with Gasteiger partial charge in [-0.1, -0.05) is 23.5 Å². The summed E-state index contributed by atoms with van der Waals surface area (Å²) in [7, 11) is 2.92. The van der Waals surface area contributed by atoms with Gasteiger partial charge in [0, 0.05) is 4.88 Å². The first-order valence-corrected chi connectivity index (χ1v) is 10.9. The van der Waals surface area contributed by atoms with E-state index in [2.05, 4.69) is 4.99 Å². The van der Waals surface area contributed by atoms with Gasteiger partial charge in [0.15, 0.2) is 4.80 Å². The number of rotatable bonds is 4. The second kappa shape index (κ2) is 8.04. The number of aryl methyl sites for hydroxylation is 1. The van der Waals surface area contributed by atoms with Gasteiger partial charge in [-0.2, -0.15) is 0 Å². The zero-order valence-corrected chi connectivity index (χ0v) is 18.6. The van der Waals surface area contributed by atoms with Crippen molar-refractivity contribution in [3.63, 3.8) is 0 Å². The molecule has 0 radical (unpaired) electrons. The number of carbonyl (C=O) groups is 1. The summed E-state index contributed by atoms with van der Waals surface area (Å²) < 4.78 is 12.4. The normalized spacial score (nSPS) is 16.3. The Morgan fingerprint density at radius 3 is 2.50 bits per heavy atom. The number of hydrogen-bond donors (Lipinski definition) is 0. The van der Waals surface area contributed by atoms with Crippen LogP contribution in [0.2, 0.25) is 0 Å². The summed E-state index contributed by atoms with van der Waals surface area (Å²) in [5.74, 6) is 0.195. The summed E-state index contributed by atoms with van der Waals surface area (Å²) in [4.78, 5) is 32.2. The number of fused-ring (bicyclic) bond motifs is 1. The summed E-state index contributed by atoms with van der Waals surface area (Å²) >= 11 is 2.91. The molecule has 0 N–H and O–H groups in total. The molecule has 1 aliphatic heterocycles. The highest BCUT2D eigenvalue weighted by Gasteiger charge is 2.33. The van der Waals surface area contributed by atoms with Crippen molar-refractivity contribution in [3.05, 3.63) is 82.7 Å². The minimum absolute atomic E-state index is 0.179. The molecule has 0 spiro atoms. The van der Waals surface area contributed by atoms with Crippen LogP contribution in [-0.4, -0.2) is 24.8 Å². The molecule has 0 amide bonds. The first kappa shape index (κ1) is 20.3. The van der Waals surface area contributed by atoms with Crippen LogP contribution in [0.5, 0.6) is 5.75 Å². The van der Waals surface area contributed by atoms with E-state index in [1.807, 2.05) is 48.7 Å². The van der Waals surface area contributed by atoms with Crippen molar-refractivity contribution < 1.29 is 14.3 Å². The van der Waals surface area contributed by atoms with Gasteiger partial charge in [-0.05, 0) is 54.6 Å². The van der Waals surface area contributed by atoms with Gasteiger partial charge < -0.3 is 9.47 Å². The average molecular weight is 441 g/mol. The van der Waals surface area contributed by atoms with E-state index >= 15 is 0 Å². The lowest BCUT2D eigenvalue weighted by Crippen LogP contribution is -2.39. The number of esters is 1. The number of aromatic nitrogens is 1. The van der Waals surface area contributed by atoms with E-state index in [1.165, 1.54) is 18.4 Å². The van der Waals surface area contributed by atoms with Gasteiger partial charge in [-0.3, -0.25) is 9.36 Å². The number of thiophene rings is 1. The van der Waals surface area contributed by atoms with Crippen molar-refractivity contribution in [3.8, 4) is 5.75 Å². The molecule has 30 heavy (non-hydrogen) atoms. The SMILES string of the molecule is COC(=O)C1=C(C)N=c2s/c(=C/c3sccc3C)c(=O)n2C1c1ccc(OC)cc1. The van der Waals surface area contributed by atoms with Gasteiger partial charge in [0.2, 0.25) is 0 Å². The van der Waals surface area contributed by atoms with Crippen molar-refractivity contribution in [1.29, 1.82) is 0 Å². The molecule has 1 aliphatic rings. The fraction of sp³-hybridized carbons (Fsp3) is 0.227. The molecule has 154 valence electrons. The Bertz CT molecular complexity index is 1330. The highest BCUT2D eigenvalue weighted by molar-refractivity contribution is 7.11. The molecule has 1 aromatic carbocycles. The Kier molecular flexibility index (Phi) is 5.44. The third-order valence-electron chi connectivity index (χ3n) is 5.02. The molecule has 0 bridgehead atoms. The zero-order chi connectivity index (χ0) is 21.4. The minimum Gasteiger partial charge on any atom is -0.497 e. The van der Waals surface area contributed by atoms with Crippen molar-refractivity contribution in [2.45, 2.75) is 19.9 Å². The molecule has 3 heterocycles. The largest absolute Gasteiger partial charge is 0.497 e. The summed E-state index contributed by atoms with van der Waals surface area (Å²) in [6.45, 7) is 3.78. The number of allylic oxidation sites excluding steroid dienone is 1. The fourth-order valence-electron chi connectivity index (χ4n) is 3.45. The van der Waals surface area contributed by atoms with Crippen LogP contribution >= 0.6 is 22.7 Å². The Balaban J connectivity index is 1.97. The van der Waals surface area contributed by atoms with Crippen LogP contribution < -0.4 is 19.6 Å². The fourth-order valence-corrected chi connectivity index (χ4v) is 5.41. The van der Waals surface area contributed by atoms with Crippen LogP contribution in [0, 0.1) is 6.92 Å². The monoisotopic (exact) mass is 440 g/mol. The lowest BCUT2D eigenvalue weighted by atomic mass is 9.96. The summed E-state index contributed by atoms with van der Waals surface area (Å²) in [5, 5.41) is 2.00. The maximum absolute atomic E-state index is 13.4. The van der Waals surface area contributed by atoms with Crippen molar-refractivity contribution in [2.75, 3.05) is 14.2 Å². The average Bonchev–Trinajstić information content (AvgIpc) is 3.29. The van der Waals surface area contributed by atoms with E-state index in [9.17, 15) is 9.59 Å². The lowest BCUT2D eigenvalue weighted by Gasteiger charge is -2.24. The van der Waals surface area contributed by atoms with E-state index in [0.717, 1.165) is 16.0 Å². The van der Waals surface area contributed by atoms with E-state index in [-0.39, 0.29) is 5.56 Å². The van der Waals surface area contributed by atoms with Crippen LogP contribution in [0.15, 0.2) is 56.8 Å². The number of benzene rings is 1. The third-order valence-corrected chi connectivity index (χ3v) is 6.97. The van der Waals surface area contributed by atoms with Crippen LogP contribution in [-0.2, 0) is 9.53 Å². The minimum atomic E-state index is -0.619. The number of thiazole rings is 1. The van der Waals surface area contributed by atoms with Gasteiger partial charge in [0.05, 0.1) is 36.1 Å². The maximum atomic E-state index is 13.4. The van der Waals surface area contributed by atoms with E-state index in [0.29, 0.717) is 26.4 Å². The van der Waals surface area contributed by atoms with E-state index in [4.69, 9.17) is 9.47 Å². The Morgan fingerprint density at radius 2 is 1.90 bits per heavy atom. The number of hydrogen-bond acceptors (Lipinski definition) is 7. The number of methoxy groups -OCH3 is 2. The van der Waals surface area contributed by atoms with Gasteiger partial charge >= 0.3 is 5.97 Å². The van der Waals surface area contributed by atoms with Crippen LogP contribution in [0.3, 0.4) is 0 Å². The second-order valence-corrected chi connectivity index (χ2v) is 8.77. The van der Waals surface area contributed by atoms with E-state index < -0.39 is 12.0 Å². The highest BCUT2D eigenvalue weighted by atomic mass is 32.1. The highest BCUT2D eigenvalue weighted by Crippen LogP contribution is 2.31. The van der Waals surface area contributed by atoms with Crippen molar-refractivity contribution in [2.24, 2.45) is 4.99 Å². The van der Waals surface area contributed by atoms with Gasteiger partial charge in [-0.25, -0.2) is 9.79 Å². The molecule has 1 atom stereocenters. The molecule has 0 fully saturated rings. The van der Waals surface area contributed by atoms with Crippen molar-refractivity contribution in [1.82, 2.24) is 4.57 Å². The molecule has 0 saturated heterocycles. The zero-order valence-electron chi connectivity index (χ0n) is 17.0. The molecule has 6 nitrogen and oxygen atoms in total.